The van der Waals surface area contributed by atoms with Crippen LogP contribution >= 0.6 is 11.6 Å². The third kappa shape index (κ3) is 2.48. The fourth-order valence-electron chi connectivity index (χ4n) is 2.58. The Morgan fingerprint density at radius 2 is 2.06 bits per heavy atom. The molecule has 0 spiro atoms. The highest BCUT2D eigenvalue weighted by Crippen LogP contribution is 2.40. The predicted octanol–water partition coefficient (Wildman–Crippen LogP) is 3.63. The Bertz CT molecular complexity index is 474. The van der Waals surface area contributed by atoms with Gasteiger partial charge in [-0.2, -0.15) is 0 Å². The minimum atomic E-state index is -0.557. The summed E-state index contributed by atoms with van der Waals surface area (Å²) in [5, 5.41) is 3.10. The molecule has 1 unspecified atom stereocenters. The van der Waals surface area contributed by atoms with Crippen LogP contribution in [0.2, 0.25) is 5.02 Å². The first kappa shape index (κ1) is 13.3. The van der Waals surface area contributed by atoms with Crippen LogP contribution in [0.3, 0.4) is 0 Å². The number of nitrogens with one attached hydrogen (secondary N) is 1. The summed E-state index contributed by atoms with van der Waals surface area (Å²) in [6, 6.07) is 1.73. The van der Waals surface area contributed by atoms with Crippen LogP contribution in [0, 0.1) is 11.2 Å². The van der Waals surface area contributed by atoms with E-state index in [-0.39, 0.29) is 22.4 Å². The van der Waals surface area contributed by atoms with Crippen LogP contribution in [0.5, 0.6) is 0 Å². The van der Waals surface area contributed by atoms with Gasteiger partial charge in [0.1, 0.15) is 5.02 Å². The Morgan fingerprint density at radius 3 is 2.61 bits per heavy atom. The van der Waals surface area contributed by atoms with Gasteiger partial charge in [-0.1, -0.05) is 25.4 Å². The molecule has 1 saturated carbocycles. The molecule has 0 aliphatic heterocycles. The molecule has 2 rings (SSSR count). The molecule has 1 aliphatic carbocycles. The van der Waals surface area contributed by atoms with Gasteiger partial charge in [0, 0.05) is 6.04 Å². The smallest absolute Gasteiger partial charge is 0.169 e. The molecule has 18 heavy (non-hydrogen) atoms. The number of nitrogens with two attached hydrogens (primary N) is 2. The van der Waals surface area contributed by atoms with E-state index in [1.165, 1.54) is 6.07 Å². The minimum absolute atomic E-state index is 0.0658. The van der Waals surface area contributed by atoms with Gasteiger partial charge in [-0.15, -0.1) is 0 Å². The second-order valence-corrected chi connectivity index (χ2v) is 6.18. The van der Waals surface area contributed by atoms with Crippen molar-refractivity contribution in [3.8, 4) is 0 Å². The zero-order valence-electron chi connectivity index (χ0n) is 10.7. The van der Waals surface area contributed by atoms with Gasteiger partial charge in [0.2, 0.25) is 0 Å². The summed E-state index contributed by atoms with van der Waals surface area (Å²) in [4.78, 5) is 0. The van der Waals surface area contributed by atoms with Crippen molar-refractivity contribution in [1.29, 1.82) is 0 Å². The van der Waals surface area contributed by atoms with Gasteiger partial charge in [-0.05, 0) is 30.7 Å². The number of halogens is 2. The molecule has 1 aromatic carbocycles. The molecule has 1 atom stereocenters. The predicted molar refractivity (Wildman–Crippen MR) is 75.3 cm³/mol. The van der Waals surface area contributed by atoms with E-state index in [0.29, 0.717) is 11.1 Å². The Balaban J connectivity index is 2.23. The monoisotopic (exact) mass is 271 g/mol. The van der Waals surface area contributed by atoms with Gasteiger partial charge in [-0.3, -0.25) is 0 Å². The molecular formula is C13H19ClFN3. The van der Waals surface area contributed by atoms with Crippen molar-refractivity contribution in [3.63, 3.8) is 0 Å². The van der Waals surface area contributed by atoms with Gasteiger partial charge in [0.15, 0.2) is 5.82 Å². The maximum atomic E-state index is 14.0. The SMILES string of the molecule is CC1(C)CCC(Nc2c(N)cc(N)c(Cl)c2F)C1. The first-order valence-corrected chi connectivity index (χ1v) is 6.47. The lowest BCUT2D eigenvalue weighted by atomic mass is 9.92. The molecule has 5 heteroatoms. The lowest BCUT2D eigenvalue weighted by molar-refractivity contribution is 0.378. The minimum Gasteiger partial charge on any atom is -0.397 e. The third-order valence-electron chi connectivity index (χ3n) is 3.58. The van der Waals surface area contributed by atoms with E-state index in [1.807, 2.05) is 0 Å². The molecule has 100 valence electrons. The molecule has 5 N–H and O–H groups in total. The van der Waals surface area contributed by atoms with Crippen LogP contribution in [0.4, 0.5) is 21.5 Å². The lowest BCUT2D eigenvalue weighted by Gasteiger charge is -2.20. The van der Waals surface area contributed by atoms with Crippen molar-refractivity contribution < 1.29 is 4.39 Å². The maximum absolute atomic E-state index is 14.0. The molecule has 0 aromatic heterocycles. The molecule has 0 radical (unpaired) electrons. The summed E-state index contributed by atoms with van der Waals surface area (Å²) in [5.74, 6) is -0.557. The number of hydrogen-bond donors (Lipinski definition) is 3. The molecule has 1 aliphatic rings. The average Bonchev–Trinajstić information content (AvgIpc) is 2.61. The van der Waals surface area contributed by atoms with Crippen LogP contribution in [-0.4, -0.2) is 6.04 Å². The fraction of sp³-hybridized carbons (Fsp3) is 0.538. The topological polar surface area (TPSA) is 64.1 Å². The van der Waals surface area contributed by atoms with Crippen molar-refractivity contribution in [2.45, 2.75) is 39.2 Å². The van der Waals surface area contributed by atoms with Crippen LogP contribution < -0.4 is 16.8 Å². The second-order valence-electron chi connectivity index (χ2n) is 5.81. The molecule has 1 aromatic rings. The molecule has 0 bridgehead atoms. The summed E-state index contributed by atoms with van der Waals surface area (Å²) in [7, 11) is 0. The normalized spacial score (nSPS) is 22.1. The molecule has 0 amide bonds. The van der Waals surface area contributed by atoms with Gasteiger partial charge < -0.3 is 16.8 Å². The number of rotatable bonds is 2. The van der Waals surface area contributed by atoms with Crippen molar-refractivity contribution in [1.82, 2.24) is 0 Å². The highest BCUT2D eigenvalue weighted by molar-refractivity contribution is 6.33. The van der Waals surface area contributed by atoms with E-state index in [2.05, 4.69) is 19.2 Å². The first-order valence-electron chi connectivity index (χ1n) is 6.09. The van der Waals surface area contributed by atoms with Crippen LogP contribution in [-0.2, 0) is 0 Å². The van der Waals surface area contributed by atoms with Crippen LogP contribution in [0.1, 0.15) is 33.1 Å². The van der Waals surface area contributed by atoms with Gasteiger partial charge >= 0.3 is 0 Å². The average molecular weight is 272 g/mol. The van der Waals surface area contributed by atoms with E-state index in [0.717, 1.165) is 19.3 Å². The van der Waals surface area contributed by atoms with Gasteiger partial charge in [0.25, 0.3) is 0 Å². The van der Waals surface area contributed by atoms with E-state index in [4.69, 9.17) is 23.1 Å². The number of anilines is 3. The highest BCUT2D eigenvalue weighted by atomic mass is 35.5. The number of nitrogen functional groups attached to an aromatic ring is 2. The molecule has 0 heterocycles. The highest BCUT2D eigenvalue weighted by Gasteiger charge is 2.31. The summed E-state index contributed by atoms with van der Waals surface area (Å²) in [6.45, 7) is 4.43. The zero-order valence-corrected chi connectivity index (χ0v) is 11.4. The summed E-state index contributed by atoms with van der Waals surface area (Å²) < 4.78 is 14.0. The Morgan fingerprint density at radius 1 is 1.39 bits per heavy atom. The summed E-state index contributed by atoms with van der Waals surface area (Å²) >= 11 is 5.80. The molecule has 0 saturated heterocycles. The number of hydrogen-bond acceptors (Lipinski definition) is 3. The molecule has 3 nitrogen and oxygen atoms in total. The third-order valence-corrected chi connectivity index (χ3v) is 3.97. The van der Waals surface area contributed by atoms with Crippen LogP contribution in [0.15, 0.2) is 6.07 Å². The fourth-order valence-corrected chi connectivity index (χ4v) is 2.73. The Labute approximate surface area is 112 Å². The Hall–Kier alpha value is -1.16. The van der Waals surface area contributed by atoms with Crippen molar-refractivity contribution in [2.75, 3.05) is 16.8 Å². The van der Waals surface area contributed by atoms with Crippen molar-refractivity contribution in [3.05, 3.63) is 16.9 Å². The largest absolute Gasteiger partial charge is 0.397 e. The van der Waals surface area contributed by atoms with E-state index < -0.39 is 5.82 Å². The van der Waals surface area contributed by atoms with Gasteiger partial charge in [0.05, 0.1) is 17.1 Å². The summed E-state index contributed by atoms with van der Waals surface area (Å²) in [6.07, 6.45) is 3.12. The van der Waals surface area contributed by atoms with E-state index in [1.54, 1.807) is 0 Å². The Kier molecular flexibility index (Phi) is 3.32. The van der Waals surface area contributed by atoms with E-state index >= 15 is 0 Å². The quantitative estimate of drug-likeness (QED) is 0.720. The second kappa shape index (κ2) is 4.50. The standard InChI is InChI=1S/C13H19ClFN3/c1-13(2)4-3-7(6-13)18-12-9(17)5-8(16)10(14)11(12)15/h5,7,18H,3-4,6,16-17H2,1-2H3. The van der Waals surface area contributed by atoms with Crippen molar-refractivity contribution >= 4 is 28.7 Å². The van der Waals surface area contributed by atoms with E-state index in [9.17, 15) is 4.39 Å². The summed E-state index contributed by atoms with van der Waals surface area (Å²) in [5.41, 5.74) is 12.4. The number of benzene rings is 1. The zero-order chi connectivity index (χ0) is 13.5. The maximum Gasteiger partial charge on any atom is 0.169 e. The van der Waals surface area contributed by atoms with Crippen LogP contribution in [0.25, 0.3) is 0 Å². The molecular weight excluding hydrogens is 253 g/mol. The van der Waals surface area contributed by atoms with Crippen molar-refractivity contribution in [2.24, 2.45) is 5.41 Å². The van der Waals surface area contributed by atoms with Gasteiger partial charge in [-0.25, -0.2) is 4.39 Å². The lowest BCUT2D eigenvalue weighted by Crippen LogP contribution is -2.19. The molecule has 1 fully saturated rings. The first-order chi connectivity index (χ1) is 8.30.